The molecule has 0 saturated carbocycles. The Kier molecular flexibility index (Phi) is 2.72. The number of aromatic amines is 1. The van der Waals surface area contributed by atoms with Crippen LogP contribution in [0.1, 0.15) is 16.3 Å². The summed E-state index contributed by atoms with van der Waals surface area (Å²) in [5, 5.41) is 0. The Morgan fingerprint density at radius 1 is 1.31 bits per heavy atom. The predicted octanol–water partition coefficient (Wildman–Crippen LogP) is 2.17. The van der Waals surface area contributed by atoms with Crippen molar-refractivity contribution in [1.29, 1.82) is 0 Å². The Bertz CT molecular complexity index is 503. The van der Waals surface area contributed by atoms with Gasteiger partial charge in [-0.25, -0.2) is 9.78 Å². The number of ether oxygens (including phenoxy) is 1. The van der Waals surface area contributed by atoms with Gasteiger partial charge in [-0.15, -0.1) is 0 Å². The van der Waals surface area contributed by atoms with E-state index in [0.717, 1.165) is 17.0 Å². The Hall–Kier alpha value is -2.10. The molecule has 2 aromatic rings. The average molecular weight is 216 g/mol. The van der Waals surface area contributed by atoms with E-state index >= 15 is 0 Å². The monoisotopic (exact) mass is 216 g/mol. The first-order valence-corrected chi connectivity index (χ1v) is 4.92. The molecule has 1 heterocycles. The number of carbonyl (C=O) groups is 1. The van der Waals surface area contributed by atoms with Gasteiger partial charge >= 0.3 is 5.97 Å². The van der Waals surface area contributed by atoms with Gasteiger partial charge in [-0.3, -0.25) is 0 Å². The second kappa shape index (κ2) is 4.18. The van der Waals surface area contributed by atoms with Crippen LogP contribution in [0.25, 0.3) is 11.3 Å². The largest absolute Gasteiger partial charge is 0.463 e. The summed E-state index contributed by atoms with van der Waals surface area (Å²) in [6, 6.07) is 9.70. The molecule has 0 spiro atoms. The van der Waals surface area contributed by atoms with Gasteiger partial charge in [0.1, 0.15) is 0 Å². The SMILES string of the molecule is COC(=O)c1nc(-c2ccccc2)c(C)[nH]1. The summed E-state index contributed by atoms with van der Waals surface area (Å²) in [7, 11) is 1.34. The van der Waals surface area contributed by atoms with E-state index in [2.05, 4.69) is 14.7 Å². The fraction of sp³-hybridized carbons (Fsp3) is 0.167. The molecule has 0 bridgehead atoms. The molecule has 1 N–H and O–H groups in total. The third-order valence-electron chi connectivity index (χ3n) is 2.31. The number of hydrogen-bond donors (Lipinski definition) is 1. The molecule has 0 amide bonds. The molecule has 0 aliphatic carbocycles. The molecule has 2 rings (SSSR count). The molecule has 1 aromatic heterocycles. The number of methoxy groups -OCH3 is 1. The number of aromatic nitrogens is 2. The van der Waals surface area contributed by atoms with Gasteiger partial charge in [0.05, 0.1) is 12.8 Å². The van der Waals surface area contributed by atoms with Crippen LogP contribution in [-0.2, 0) is 4.74 Å². The van der Waals surface area contributed by atoms with E-state index in [9.17, 15) is 4.79 Å². The quantitative estimate of drug-likeness (QED) is 0.783. The molecule has 0 aliphatic rings. The fourth-order valence-corrected chi connectivity index (χ4v) is 1.53. The maximum atomic E-state index is 11.3. The highest BCUT2D eigenvalue weighted by Crippen LogP contribution is 2.20. The summed E-state index contributed by atoms with van der Waals surface area (Å²) in [5.74, 6) is -0.218. The first kappa shape index (κ1) is 10.4. The molecule has 0 atom stereocenters. The number of carbonyl (C=O) groups excluding carboxylic acids is 1. The highest BCUT2D eigenvalue weighted by molar-refractivity contribution is 5.86. The summed E-state index contributed by atoms with van der Waals surface area (Å²) in [5.41, 5.74) is 2.61. The number of nitrogens with zero attached hydrogens (tertiary/aromatic N) is 1. The number of H-pyrrole nitrogens is 1. The van der Waals surface area contributed by atoms with Crippen molar-refractivity contribution in [2.24, 2.45) is 0 Å². The van der Waals surface area contributed by atoms with Crippen LogP contribution in [0.3, 0.4) is 0 Å². The number of esters is 1. The van der Waals surface area contributed by atoms with Gasteiger partial charge in [0.15, 0.2) is 0 Å². The molecule has 0 fully saturated rings. The first-order chi connectivity index (χ1) is 7.72. The minimum Gasteiger partial charge on any atom is -0.463 e. The van der Waals surface area contributed by atoms with Gasteiger partial charge in [-0.1, -0.05) is 30.3 Å². The standard InChI is InChI=1S/C12H12N2O2/c1-8-10(9-6-4-3-5-7-9)14-11(13-8)12(15)16-2/h3-7H,1-2H3,(H,13,14). The number of nitrogens with one attached hydrogen (secondary N) is 1. The molecule has 0 saturated heterocycles. The van der Waals surface area contributed by atoms with Crippen LogP contribution in [-0.4, -0.2) is 23.0 Å². The summed E-state index contributed by atoms with van der Waals surface area (Å²) < 4.78 is 4.61. The van der Waals surface area contributed by atoms with Crippen LogP contribution in [0.2, 0.25) is 0 Å². The number of imidazole rings is 1. The van der Waals surface area contributed by atoms with Crippen molar-refractivity contribution >= 4 is 5.97 Å². The summed E-state index contributed by atoms with van der Waals surface area (Å²) in [6.07, 6.45) is 0. The zero-order chi connectivity index (χ0) is 11.5. The van der Waals surface area contributed by atoms with E-state index in [1.165, 1.54) is 7.11 Å². The van der Waals surface area contributed by atoms with Gasteiger partial charge in [0.2, 0.25) is 5.82 Å². The van der Waals surface area contributed by atoms with Crippen molar-refractivity contribution in [1.82, 2.24) is 9.97 Å². The van der Waals surface area contributed by atoms with E-state index < -0.39 is 5.97 Å². The lowest BCUT2D eigenvalue weighted by atomic mass is 10.1. The smallest absolute Gasteiger partial charge is 0.374 e. The van der Waals surface area contributed by atoms with Crippen LogP contribution < -0.4 is 0 Å². The van der Waals surface area contributed by atoms with Gasteiger partial charge in [0.25, 0.3) is 0 Å². The van der Waals surface area contributed by atoms with E-state index in [-0.39, 0.29) is 5.82 Å². The van der Waals surface area contributed by atoms with Crippen LogP contribution in [0.5, 0.6) is 0 Å². The fourth-order valence-electron chi connectivity index (χ4n) is 1.53. The highest BCUT2D eigenvalue weighted by Gasteiger charge is 2.14. The van der Waals surface area contributed by atoms with Crippen LogP contribution in [0.4, 0.5) is 0 Å². The van der Waals surface area contributed by atoms with Crippen molar-refractivity contribution in [2.45, 2.75) is 6.92 Å². The van der Waals surface area contributed by atoms with Gasteiger partial charge in [-0.2, -0.15) is 0 Å². The highest BCUT2D eigenvalue weighted by atomic mass is 16.5. The van der Waals surface area contributed by atoms with Gasteiger partial charge in [0, 0.05) is 11.3 Å². The van der Waals surface area contributed by atoms with Crippen LogP contribution in [0.15, 0.2) is 30.3 Å². The maximum absolute atomic E-state index is 11.3. The minimum absolute atomic E-state index is 0.235. The third kappa shape index (κ3) is 1.82. The minimum atomic E-state index is -0.453. The normalized spacial score (nSPS) is 10.1. The van der Waals surface area contributed by atoms with Crippen molar-refractivity contribution < 1.29 is 9.53 Å². The molecule has 82 valence electrons. The molecule has 1 aromatic carbocycles. The van der Waals surface area contributed by atoms with E-state index in [0.29, 0.717) is 0 Å². The molecule has 4 nitrogen and oxygen atoms in total. The number of rotatable bonds is 2. The number of hydrogen-bond acceptors (Lipinski definition) is 3. The summed E-state index contributed by atoms with van der Waals surface area (Å²) in [6.45, 7) is 1.88. The molecular formula is C12H12N2O2. The first-order valence-electron chi connectivity index (χ1n) is 4.92. The van der Waals surface area contributed by atoms with Crippen LogP contribution >= 0.6 is 0 Å². The zero-order valence-corrected chi connectivity index (χ0v) is 9.15. The molecule has 4 heteroatoms. The Morgan fingerprint density at radius 2 is 2.00 bits per heavy atom. The second-order valence-electron chi connectivity index (χ2n) is 3.42. The Morgan fingerprint density at radius 3 is 2.62 bits per heavy atom. The molecule has 16 heavy (non-hydrogen) atoms. The number of benzene rings is 1. The molecule has 0 radical (unpaired) electrons. The Labute approximate surface area is 93.3 Å². The lowest BCUT2D eigenvalue weighted by Crippen LogP contribution is -2.03. The Balaban J connectivity index is 2.44. The van der Waals surface area contributed by atoms with Gasteiger partial charge < -0.3 is 9.72 Å². The molecule has 0 aliphatic heterocycles. The average Bonchev–Trinajstić information content (AvgIpc) is 2.71. The van der Waals surface area contributed by atoms with E-state index in [1.807, 2.05) is 37.3 Å². The van der Waals surface area contributed by atoms with Crippen molar-refractivity contribution in [2.75, 3.05) is 7.11 Å². The lowest BCUT2D eigenvalue weighted by molar-refractivity contribution is 0.0588. The van der Waals surface area contributed by atoms with Crippen molar-refractivity contribution in [3.63, 3.8) is 0 Å². The van der Waals surface area contributed by atoms with E-state index in [4.69, 9.17) is 0 Å². The van der Waals surface area contributed by atoms with Crippen molar-refractivity contribution in [3.8, 4) is 11.3 Å². The van der Waals surface area contributed by atoms with E-state index in [1.54, 1.807) is 0 Å². The third-order valence-corrected chi connectivity index (χ3v) is 2.31. The number of aryl methyl sites for hydroxylation is 1. The molecular weight excluding hydrogens is 204 g/mol. The molecule has 0 unspecified atom stereocenters. The lowest BCUT2D eigenvalue weighted by Gasteiger charge is -1.96. The maximum Gasteiger partial charge on any atom is 0.374 e. The summed E-state index contributed by atoms with van der Waals surface area (Å²) >= 11 is 0. The van der Waals surface area contributed by atoms with Gasteiger partial charge in [-0.05, 0) is 6.92 Å². The predicted molar refractivity (Wildman–Crippen MR) is 60.1 cm³/mol. The van der Waals surface area contributed by atoms with Crippen molar-refractivity contribution in [3.05, 3.63) is 41.9 Å². The second-order valence-corrected chi connectivity index (χ2v) is 3.42. The topological polar surface area (TPSA) is 55.0 Å². The zero-order valence-electron chi connectivity index (χ0n) is 9.15. The summed E-state index contributed by atoms with van der Waals surface area (Å²) in [4.78, 5) is 18.4. The van der Waals surface area contributed by atoms with Crippen LogP contribution in [0, 0.1) is 6.92 Å².